The number of hydrogen-bond acceptors (Lipinski definition) is 6. The monoisotopic (exact) mass is 617 g/mol. The van der Waals surface area contributed by atoms with Crippen LogP contribution in [0.3, 0.4) is 0 Å². The Balaban J connectivity index is 1.37. The topological polar surface area (TPSA) is 82.3 Å². The molecule has 0 bridgehead atoms. The number of pyridine rings is 3. The standard InChI is InChI=1S/C40H39N7/c1-24-9-14-31(41-21-24)36-44-37(32-15-10-25(2)22-42-32)46-38(45-36)33-16-13-28(23-43-33)47-34-17-11-26(39(3,4)5)19-29(34)30-20-27(40(6,7)8)12-18-35(30)47/h9-23H,1-8H3. The van der Waals surface area contributed by atoms with Gasteiger partial charge in [0.25, 0.3) is 0 Å². The van der Waals surface area contributed by atoms with E-state index < -0.39 is 0 Å². The molecule has 0 unspecified atom stereocenters. The fraction of sp³-hybridized carbons (Fsp3) is 0.250. The van der Waals surface area contributed by atoms with Crippen LogP contribution in [0.4, 0.5) is 0 Å². The minimum Gasteiger partial charge on any atom is -0.308 e. The number of rotatable bonds is 4. The van der Waals surface area contributed by atoms with Gasteiger partial charge in [-0.25, -0.2) is 15.0 Å². The fourth-order valence-electron chi connectivity index (χ4n) is 5.80. The third-order valence-corrected chi connectivity index (χ3v) is 8.65. The molecule has 0 fully saturated rings. The van der Waals surface area contributed by atoms with Crippen molar-refractivity contribution in [1.29, 1.82) is 0 Å². The second kappa shape index (κ2) is 11.2. The van der Waals surface area contributed by atoms with Crippen molar-refractivity contribution in [3.63, 3.8) is 0 Å². The molecule has 0 N–H and O–H groups in total. The van der Waals surface area contributed by atoms with E-state index in [0.717, 1.165) is 27.8 Å². The van der Waals surface area contributed by atoms with Crippen LogP contribution in [0, 0.1) is 13.8 Å². The first-order valence-electron chi connectivity index (χ1n) is 16.0. The molecule has 7 aromatic rings. The summed E-state index contributed by atoms with van der Waals surface area (Å²) in [5.41, 5.74) is 10.1. The molecule has 7 nitrogen and oxygen atoms in total. The zero-order valence-electron chi connectivity index (χ0n) is 28.3. The van der Waals surface area contributed by atoms with E-state index in [4.69, 9.17) is 19.9 Å². The van der Waals surface area contributed by atoms with E-state index >= 15 is 0 Å². The number of hydrogen-bond donors (Lipinski definition) is 0. The Morgan fingerprint density at radius 1 is 0.468 bits per heavy atom. The van der Waals surface area contributed by atoms with Crippen molar-refractivity contribution in [3.8, 4) is 40.2 Å². The molecule has 0 atom stereocenters. The van der Waals surface area contributed by atoms with Crippen molar-refractivity contribution in [2.75, 3.05) is 0 Å². The zero-order valence-corrected chi connectivity index (χ0v) is 28.3. The molecule has 47 heavy (non-hydrogen) atoms. The Bertz CT molecular complexity index is 2120. The SMILES string of the molecule is Cc1ccc(-c2nc(-c3ccc(C)cn3)nc(-c3ccc(-n4c5ccc(C(C)(C)C)cc5c5cc(C(C)(C)C)ccc54)cn3)n2)nc1. The van der Waals surface area contributed by atoms with Gasteiger partial charge in [0, 0.05) is 23.2 Å². The average molecular weight is 618 g/mol. The summed E-state index contributed by atoms with van der Waals surface area (Å²) in [7, 11) is 0. The van der Waals surface area contributed by atoms with Gasteiger partial charge in [-0.2, -0.15) is 0 Å². The van der Waals surface area contributed by atoms with Gasteiger partial charge < -0.3 is 4.57 Å². The van der Waals surface area contributed by atoms with Gasteiger partial charge in [-0.15, -0.1) is 0 Å². The van der Waals surface area contributed by atoms with Gasteiger partial charge >= 0.3 is 0 Å². The fourth-order valence-corrected chi connectivity index (χ4v) is 5.80. The Kier molecular flexibility index (Phi) is 7.23. The highest BCUT2D eigenvalue weighted by Gasteiger charge is 2.21. The van der Waals surface area contributed by atoms with Crippen LogP contribution in [-0.4, -0.2) is 34.5 Å². The van der Waals surface area contributed by atoms with Gasteiger partial charge in [-0.3, -0.25) is 15.0 Å². The molecule has 0 saturated carbocycles. The van der Waals surface area contributed by atoms with E-state index in [1.807, 2.05) is 62.8 Å². The summed E-state index contributed by atoms with van der Waals surface area (Å²) in [6.07, 6.45) is 5.54. The lowest BCUT2D eigenvalue weighted by Crippen LogP contribution is -2.10. The van der Waals surface area contributed by atoms with Crippen molar-refractivity contribution in [2.24, 2.45) is 0 Å². The summed E-state index contributed by atoms with van der Waals surface area (Å²) in [6.45, 7) is 17.6. The van der Waals surface area contributed by atoms with Crippen LogP contribution >= 0.6 is 0 Å². The second-order valence-electron chi connectivity index (χ2n) is 14.4. The van der Waals surface area contributed by atoms with Gasteiger partial charge in [0.15, 0.2) is 17.5 Å². The van der Waals surface area contributed by atoms with Gasteiger partial charge in [0.2, 0.25) is 0 Å². The molecular formula is C40H39N7. The van der Waals surface area contributed by atoms with E-state index in [0.29, 0.717) is 34.6 Å². The van der Waals surface area contributed by atoms with Crippen LogP contribution in [0.2, 0.25) is 0 Å². The first kappa shape index (κ1) is 30.4. The van der Waals surface area contributed by atoms with Crippen LogP contribution in [0.5, 0.6) is 0 Å². The van der Waals surface area contributed by atoms with E-state index in [1.54, 1.807) is 0 Å². The summed E-state index contributed by atoms with van der Waals surface area (Å²) < 4.78 is 2.30. The second-order valence-corrected chi connectivity index (χ2v) is 14.4. The van der Waals surface area contributed by atoms with E-state index in [9.17, 15) is 0 Å². The smallest absolute Gasteiger partial charge is 0.182 e. The van der Waals surface area contributed by atoms with E-state index in [1.165, 1.54) is 21.9 Å². The first-order chi connectivity index (χ1) is 22.3. The van der Waals surface area contributed by atoms with Crippen molar-refractivity contribution in [2.45, 2.75) is 66.2 Å². The lowest BCUT2D eigenvalue weighted by molar-refractivity contribution is 0.590. The Morgan fingerprint density at radius 2 is 0.872 bits per heavy atom. The highest BCUT2D eigenvalue weighted by Crippen LogP contribution is 2.37. The molecule has 0 saturated heterocycles. The quantitative estimate of drug-likeness (QED) is 0.196. The maximum Gasteiger partial charge on any atom is 0.182 e. The maximum absolute atomic E-state index is 4.92. The summed E-state index contributed by atoms with van der Waals surface area (Å²) >= 11 is 0. The van der Waals surface area contributed by atoms with Crippen LogP contribution in [0.1, 0.15) is 63.8 Å². The minimum atomic E-state index is 0.0396. The maximum atomic E-state index is 4.92. The number of aryl methyl sites for hydroxylation is 2. The number of benzene rings is 2. The lowest BCUT2D eigenvalue weighted by atomic mass is 9.85. The summed E-state index contributed by atoms with van der Waals surface area (Å²) in [6, 6.07) is 25.6. The average Bonchev–Trinajstić information content (AvgIpc) is 3.38. The molecule has 234 valence electrons. The van der Waals surface area contributed by atoms with Gasteiger partial charge in [-0.1, -0.05) is 65.8 Å². The largest absolute Gasteiger partial charge is 0.308 e. The molecule has 0 amide bonds. The normalized spacial score (nSPS) is 12.3. The molecule has 7 rings (SSSR count). The first-order valence-corrected chi connectivity index (χ1v) is 16.0. The molecule has 2 aromatic carbocycles. The van der Waals surface area contributed by atoms with Crippen molar-refractivity contribution >= 4 is 21.8 Å². The number of nitrogens with zero attached hydrogens (tertiary/aromatic N) is 7. The highest BCUT2D eigenvalue weighted by atomic mass is 15.1. The predicted octanol–water partition coefficient (Wildman–Crippen LogP) is 9.37. The van der Waals surface area contributed by atoms with Gasteiger partial charge in [0.1, 0.15) is 17.1 Å². The Morgan fingerprint density at radius 3 is 1.21 bits per heavy atom. The Labute approximate surface area is 275 Å². The molecule has 0 aliphatic carbocycles. The molecular weight excluding hydrogens is 578 g/mol. The molecule has 7 heteroatoms. The summed E-state index contributed by atoms with van der Waals surface area (Å²) in [5, 5.41) is 2.48. The van der Waals surface area contributed by atoms with Gasteiger partial charge in [-0.05, 0) is 95.5 Å². The highest BCUT2D eigenvalue weighted by molar-refractivity contribution is 6.09. The van der Waals surface area contributed by atoms with Gasteiger partial charge in [0.05, 0.1) is 22.9 Å². The van der Waals surface area contributed by atoms with Crippen LogP contribution < -0.4 is 0 Å². The zero-order chi connectivity index (χ0) is 33.1. The number of aromatic nitrogens is 7. The van der Waals surface area contributed by atoms with E-state index in [2.05, 4.69) is 98.5 Å². The van der Waals surface area contributed by atoms with Crippen molar-refractivity contribution in [1.82, 2.24) is 34.5 Å². The van der Waals surface area contributed by atoms with E-state index in [-0.39, 0.29) is 10.8 Å². The minimum absolute atomic E-state index is 0.0396. The van der Waals surface area contributed by atoms with Crippen LogP contribution in [0.15, 0.2) is 91.4 Å². The van der Waals surface area contributed by atoms with Crippen molar-refractivity contribution in [3.05, 3.63) is 114 Å². The lowest BCUT2D eigenvalue weighted by Gasteiger charge is -2.19. The van der Waals surface area contributed by atoms with Crippen LogP contribution in [0.25, 0.3) is 62.0 Å². The van der Waals surface area contributed by atoms with Crippen LogP contribution in [-0.2, 0) is 10.8 Å². The number of fused-ring (bicyclic) bond motifs is 3. The molecule has 0 radical (unpaired) electrons. The molecule has 5 aromatic heterocycles. The third kappa shape index (κ3) is 5.78. The Hall–Kier alpha value is -5.30. The molecule has 0 spiro atoms. The molecule has 0 aliphatic heterocycles. The van der Waals surface area contributed by atoms with Crippen molar-refractivity contribution < 1.29 is 0 Å². The molecule has 5 heterocycles. The molecule has 0 aliphatic rings. The summed E-state index contributed by atoms with van der Waals surface area (Å²) in [5.74, 6) is 1.42. The third-order valence-electron chi connectivity index (χ3n) is 8.65. The predicted molar refractivity (Wildman–Crippen MR) is 191 cm³/mol. The summed E-state index contributed by atoms with van der Waals surface area (Å²) in [4.78, 5) is 28.5.